The molecule has 1 aromatic carbocycles. The third-order valence-corrected chi connectivity index (χ3v) is 3.65. The van der Waals surface area contributed by atoms with Crippen molar-refractivity contribution in [3.63, 3.8) is 0 Å². The molecule has 0 fully saturated rings. The zero-order chi connectivity index (χ0) is 12.4. The van der Waals surface area contributed by atoms with Crippen LogP contribution in [0.5, 0.6) is 0 Å². The Hall–Kier alpha value is -2.01. The van der Waals surface area contributed by atoms with Gasteiger partial charge in [-0.15, -0.1) is 0 Å². The quantitative estimate of drug-likeness (QED) is 0.853. The molecule has 0 aliphatic heterocycles. The summed E-state index contributed by atoms with van der Waals surface area (Å²) in [4.78, 5) is 3.55. The Morgan fingerprint density at radius 2 is 1.89 bits per heavy atom. The first-order valence-corrected chi connectivity index (χ1v) is 6.54. The fourth-order valence-corrected chi connectivity index (χ4v) is 2.68. The number of aromatic nitrogens is 1. The van der Waals surface area contributed by atoms with Crippen molar-refractivity contribution in [3.05, 3.63) is 58.4 Å². The van der Waals surface area contributed by atoms with Crippen molar-refractivity contribution in [3.8, 4) is 6.07 Å². The smallest absolute Gasteiger partial charge is 0.0991 e. The molecule has 90 valence electrons. The van der Waals surface area contributed by atoms with Crippen LogP contribution in [0, 0.1) is 11.3 Å². The Kier molecular flexibility index (Phi) is 2.90. The number of fused-ring (bicyclic) bond motifs is 1. The van der Waals surface area contributed by atoms with E-state index in [1.807, 2.05) is 24.3 Å². The van der Waals surface area contributed by atoms with E-state index in [0.717, 1.165) is 12.0 Å². The first-order valence-electron chi connectivity index (χ1n) is 6.54. The maximum Gasteiger partial charge on any atom is 0.0991 e. The maximum atomic E-state index is 8.77. The molecule has 1 aliphatic rings. The minimum absolute atomic E-state index is 0.726. The van der Waals surface area contributed by atoms with E-state index >= 15 is 0 Å². The molecule has 18 heavy (non-hydrogen) atoms. The van der Waals surface area contributed by atoms with Gasteiger partial charge in [-0.2, -0.15) is 5.26 Å². The summed E-state index contributed by atoms with van der Waals surface area (Å²) in [5.74, 6) is 0. The van der Waals surface area contributed by atoms with Gasteiger partial charge in [-0.05, 0) is 55.0 Å². The highest BCUT2D eigenvalue weighted by atomic mass is 14.7. The largest absolute Gasteiger partial charge is 0.362 e. The number of hydrogen-bond acceptors (Lipinski definition) is 1. The van der Waals surface area contributed by atoms with Gasteiger partial charge in [0.05, 0.1) is 11.6 Å². The minimum atomic E-state index is 0.726. The molecule has 1 aliphatic carbocycles. The van der Waals surface area contributed by atoms with Crippen molar-refractivity contribution in [1.82, 2.24) is 4.98 Å². The molecule has 0 unspecified atom stereocenters. The Bertz CT molecular complexity index is 561. The molecule has 0 amide bonds. The molecule has 0 atom stereocenters. The summed E-state index contributed by atoms with van der Waals surface area (Å²) >= 11 is 0. The van der Waals surface area contributed by atoms with Crippen LogP contribution in [-0.4, -0.2) is 4.98 Å². The lowest BCUT2D eigenvalue weighted by Crippen LogP contribution is -1.99. The van der Waals surface area contributed by atoms with Crippen LogP contribution in [-0.2, 0) is 19.3 Å². The van der Waals surface area contributed by atoms with Gasteiger partial charge < -0.3 is 4.98 Å². The van der Waals surface area contributed by atoms with E-state index in [1.54, 1.807) is 0 Å². The van der Waals surface area contributed by atoms with Gasteiger partial charge in [-0.1, -0.05) is 12.1 Å². The SMILES string of the molecule is N#Cc1ccc(Cc2cc3c([nH]2)CCCC3)cc1. The summed E-state index contributed by atoms with van der Waals surface area (Å²) in [5.41, 5.74) is 6.22. The lowest BCUT2D eigenvalue weighted by atomic mass is 9.98. The summed E-state index contributed by atoms with van der Waals surface area (Å²) in [6.45, 7) is 0. The zero-order valence-corrected chi connectivity index (χ0v) is 10.4. The van der Waals surface area contributed by atoms with Crippen molar-refractivity contribution in [1.29, 1.82) is 5.26 Å². The number of nitrogens with zero attached hydrogens (tertiary/aromatic N) is 1. The molecule has 0 bridgehead atoms. The highest BCUT2D eigenvalue weighted by Gasteiger charge is 2.12. The standard InChI is InChI=1S/C16H16N2/c17-11-13-7-5-12(6-8-13)9-15-10-14-3-1-2-4-16(14)18-15/h5-8,10,18H,1-4,9H2. The van der Waals surface area contributed by atoms with Crippen molar-refractivity contribution < 1.29 is 0 Å². The fraction of sp³-hybridized carbons (Fsp3) is 0.312. The number of hydrogen-bond donors (Lipinski definition) is 1. The van der Waals surface area contributed by atoms with Crippen molar-refractivity contribution in [2.75, 3.05) is 0 Å². The van der Waals surface area contributed by atoms with Gasteiger partial charge in [-0.25, -0.2) is 0 Å². The fourth-order valence-electron chi connectivity index (χ4n) is 2.68. The lowest BCUT2D eigenvalue weighted by Gasteiger charge is -2.09. The third kappa shape index (κ3) is 2.17. The van der Waals surface area contributed by atoms with Crippen molar-refractivity contribution >= 4 is 0 Å². The predicted octanol–water partition coefficient (Wildman–Crippen LogP) is 3.36. The zero-order valence-electron chi connectivity index (χ0n) is 10.4. The van der Waals surface area contributed by atoms with Crippen LogP contribution >= 0.6 is 0 Å². The minimum Gasteiger partial charge on any atom is -0.362 e. The topological polar surface area (TPSA) is 39.6 Å². The number of aromatic amines is 1. The molecule has 1 N–H and O–H groups in total. The molecular formula is C16H16N2. The van der Waals surface area contributed by atoms with Crippen LogP contribution in [0.15, 0.2) is 30.3 Å². The van der Waals surface area contributed by atoms with Crippen molar-refractivity contribution in [2.24, 2.45) is 0 Å². The highest BCUT2D eigenvalue weighted by molar-refractivity contribution is 5.35. The molecule has 2 heteroatoms. The first kappa shape index (κ1) is 11.1. The molecule has 0 radical (unpaired) electrons. The molecule has 0 saturated carbocycles. The summed E-state index contributed by atoms with van der Waals surface area (Å²) in [6.07, 6.45) is 5.98. The normalized spacial score (nSPS) is 13.9. The van der Waals surface area contributed by atoms with E-state index in [9.17, 15) is 0 Å². The monoisotopic (exact) mass is 236 g/mol. The van der Waals surface area contributed by atoms with E-state index in [1.165, 1.54) is 48.2 Å². The second-order valence-corrected chi connectivity index (χ2v) is 4.99. The molecular weight excluding hydrogens is 220 g/mol. The van der Waals surface area contributed by atoms with E-state index in [-0.39, 0.29) is 0 Å². The Balaban J connectivity index is 1.79. The molecule has 2 aromatic rings. The van der Waals surface area contributed by atoms with Gasteiger partial charge in [-0.3, -0.25) is 0 Å². The summed E-state index contributed by atoms with van der Waals surface area (Å²) in [6, 6.07) is 12.3. The van der Waals surface area contributed by atoms with E-state index in [0.29, 0.717) is 0 Å². The molecule has 3 rings (SSSR count). The van der Waals surface area contributed by atoms with E-state index < -0.39 is 0 Å². The summed E-state index contributed by atoms with van der Waals surface area (Å²) < 4.78 is 0. The molecule has 1 heterocycles. The number of nitrogens with one attached hydrogen (secondary N) is 1. The second kappa shape index (κ2) is 4.70. The molecule has 2 nitrogen and oxygen atoms in total. The average molecular weight is 236 g/mol. The van der Waals surface area contributed by atoms with Gasteiger partial charge in [0.15, 0.2) is 0 Å². The molecule has 0 spiro atoms. The van der Waals surface area contributed by atoms with Crippen molar-refractivity contribution in [2.45, 2.75) is 32.1 Å². The Labute approximate surface area is 107 Å². The Morgan fingerprint density at radius 1 is 1.11 bits per heavy atom. The number of H-pyrrole nitrogens is 1. The Morgan fingerprint density at radius 3 is 2.61 bits per heavy atom. The van der Waals surface area contributed by atoms with Crippen LogP contribution < -0.4 is 0 Å². The number of rotatable bonds is 2. The summed E-state index contributed by atoms with van der Waals surface area (Å²) in [5, 5.41) is 8.77. The second-order valence-electron chi connectivity index (χ2n) is 4.99. The van der Waals surface area contributed by atoms with Gasteiger partial charge >= 0.3 is 0 Å². The maximum absolute atomic E-state index is 8.77. The van der Waals surface area contributed by atoms with Crippen LogP contribution in [0.4, 0.5) is 0 Å². The third-order valence-electron chi connectivity index (χ3n) is 3.65. The van der Waals surface area contributed by atoms with E-state index in [2.05, 4.69) is 17.1 Å². The molecule has 1 aromatic heterocycles. The number of nitriles is 1. The van der Waals surface area contributed by atoms with Gasteiger partial charge in [0, 0.05) is 17.8 Å². The highest BCUT2D eigenvalue weighted by Crippen LogP contribution is 2.22. The first-order chi connectivity index (χ1) is 8.85. The predicted molar refractivity (Wildman–Crippen MR) is 71.4 cm³/mol. The van der Waals surface area contributed by atoms with Crippen LogP contribution in [0.3, 0.4) is 0 Å². The number of aryl methyl sites for hydroxylation is 2. The van der Waals surface area contributed by atoms with Gasteiger partial charge in [0.2, 0.25) is 0 Å². The van der Waals surface area contributed by atoms with Gasteiger partial charge in [0.25, 0.3) is 0 Å². The summed E-state index contributed by atoms with van der Waals surface area (Å²) in [7, 11) is 0. The van der Waals surface area contributed by atoms with Crippen LogP contribution in [0.2, 0.25) is 0 Å². The van der Waals surface area contributed by atoms with Crippen LogP contribution in [0.25, 0.3) is 0 Å². The van der Waals surface area contributed by atoms with Gasteiger partial charge in [0.1, 0.15) is 0 Å². The number of benzene rings is 1. The average Bonchev–Trinajstić information content (AvgIpc) is 2.82. The van der Waals surface area contributed by atoms with E-state index in [4.69, 9.17) is 5.26 Å². The van der Waals surface area contributed by atoms with Crippen LogP contribution in [0.1, 0.15) is 40.9 Å². The lowest BCUT2D eigenvalue weighted by molar-refractivity contribution is 0.676. The molecule has 0 saturated heterocycles.